The number of hydrogen-bond donors (Lipinski definition) is 1. The molecule has 1 aliphatic rings. The van der Waals surface area contributed by atoms with Gasteiger partial charge in [0, 0.05) is 32.7 Å². The second-order valence-corrected chi connectivity index (χ2v) is 8.83. The largest absolute Gasteiger partial charge is 0.385 e. The van der Waals surface area contributed by atoms with Crippen molar-refractivity contribution < 1.29 is 4.74 Å². The molecule has 1 aromatic carbocycles. The molecule has 6 nitrogen and oxygen atoms in total. The van der Waals surface area contributed by atoms with Crippen LogP contribution >= 0.6 is 23.6 Å². The zero-order valence-electron chi connectivity index (χ0n) is 17.1. The smallest absolute Gasteiger partial charge is 0.194 e. The first-order valence-corrected chi connectivity index (χ1v) is 11.5. The van der Waals surface area contributed by atoms with Gasteiger partial charge < -0.3 is 15.0 Å². The number of thiocarbonyl (C=S) groups is 1. The minimum atomic E-state index is -0.0423. The number of fused-ring (bicyclic) bond motifs is 1. The SMILES string of the molecule is COCCCN1C(=S)N[C@H](c2ccccn2)[C@@H]1c1cccn1-c1nc2ccccc2s1. The highest BCUT2D eigenvalue weighted by Gasteiger charge is 2.41. The predicted molar refractivity (Wildman–Crippen MR) is 128 cm³/mol. The van der Waals surface area contributed by atoms with Gasteiger partial charge in [0.25, 0.3) is 0 Å². The van der Waals surface area contributed by atoms with Gasteiger partial charge in [-0.05, 0) is 55.0 Å². The second kappa shape index (κ2) is 8.74. The zero-order chi connectivity index (χ0) is 21.2. The zero-order valence-corrected chi connectivity index (χ0v) is 18.8. The highest BCUT2D eigenvalue weighted by molar-refractivity contribution is 7.80. The van der Waals surface area contributed by atoms with E-state index in [1.165, 1.54) is 4.70 Å². The molecule has 1 aliphatic heterocycles. The Bertz CT molecular complexity index is 1160. The van der Waals surface area contributed by atoms with Crippen molar-refractivity contribution in [2.75, 3.05) is 20.3 Å². The van der Waals surface area contributed by atoms with E-state index in [-0.39, 0.29) is 12.1 Å². The maximum atomic E-state index is 5.75. The number of thiazole rings is 1. The van der Waals surface area contributed by atoms with Crippen molar-refractivity contribution in [1.82, 2.24) is 24.8 Å². The van der Waals surface area contributed by atoms with Crippen LogP contribution in [0.1, 0.15) is 29.9 Å². The number of benzene rings is 1. The van der Waals surface area contributed by atoms with E-state index >= 15 is 0 Å². The lowest BCUT2D eigenvalue weighted by Crippen LogP contribution is -2.32. The van der Waals surface area contributed by atoms with Gasteiger partial charge in [0.1, 0.15) is 0 Å². The average molecular weight is 450 g/mol. The molecule has 0 radical (unpaired) electrons. The second-order valence-electron chi connectivity index (χ2n) is 7.43. The number of para-hydroxylation sites is 1. The quantitative estimate of drug-likeness (QED) is 0.331. The monoisotopic (exact) mass is 449 g/mol. The van der Waals surface area contributed by atoms with Crippen molar-refractivity contribution in [3.63, 3.8) is 0 Å². The number of rotatable bonds is 7. The number of methoxy groups -OCH3 is 1. The van der Waals surface area contributed by atoms with Gasteiger partial charge in [0.05, 0.1) is 33.7 Å². The Hall–Kier alpha value is -2.81. The molecular formula is C23H23N5OS2. The number of nitrogens with zero attached hydrogens (tertiary/aromatic N) is 4. The summed E-state index contributed by atoms with van der Waals surface area (Å²) in [6.45, 7) is 1.50. The summed E-state index contributed by atoms with van der Waals surface area (Å²) in [5.41, 5.74) is 3.13. The Morgan fingerprint density at radius 3 is 2.81 bits per heavy atom. The molecule has 31 heavy (non-hydrogen) atoms. The fraction of sp³-hybridized carbons (Fsp3) is 0.261. The Labute approximate surface area is 190 Å². The summed E-state index contributed by atoms with van der Waals surface area (Å²) in [5, 5.41) is 5.21. The fourth-order valence-corrected chi connectivity index (χ4v) is 5.42. The minimum Gasteiger partial charge on any atom is -0.385 e. The molecule has 158 valence electrons. The van der Waals surface area contributed by atoms with Gasteiger partial charge in [0.15, 0.2) is 10.2 Å². The molecule has 1 fully saturated rings. The number of hydrogen-bond acceptors (Lipinski definition) is 5. The maximum absolute atomic E-state index is 5.75. The summed E-state index contributed by atoms with van der Waals surface area (Å²) >= 11 is 7.45. The van der Waals surface area contributed by atoms with Crippen LogP contribution in [-0.4, -0.2) is 44.8 Å². The van der Waals surface area contributed by atoms with Gasteiger partial charge in [-0.3, -0.25) is 9.55 Å². The van der Waals surface area contributed by atoms with Gasteiger partial charge in [-0.1, -0.05) is 29.5 Å². The first-order valence-electron chi connectivity index (χ1n) is 10.3. The molecule has 8 heteroatoms. The number of pyridine rings is 1. The predicted octanol–water partition coefficient (Wildman–Crippen LogP) is 4.49. The number of ether oxygens (including phenoxy) is 1. The Morgan fingerprint density at radius 1 is 1.13 bits per heavy atom. The van der Waals surface area contributed by atoms with Crippen LogP contribution in [0.4, 0.5) is 0 Å². The molecule has 1 N–H and O–H groups in total. The van der Waals surface area contributed by atoms with E-state index in [2.05, 4.69) is 62.4 Å². The topological polar surface area (TPSA) is 55.2 Å². The summed E-state index contributed by atoms with van der Waals surface area (Å²) in [4.78, 5) is 11.8. The molecule has 0 spiro atoms. The van der Waals surface area contributed by atoms with Crippen molar-refractivity contribution in [1.29, 1.82) is 0 Å². The number of aromatic nitrogens is 3. The van der Waals surface area contributed by atoms with Gasteiger partial charge in [-0.25, -0.2) is 4.98 Å². The molecule has 5 rings (SSSR count). The van der Waals surface area contributed by atoms with E-state index in [0.717, 1.165) is 40.1 Å². The summed E-state index contributed by atoms with van der Waals surface area (Å²) in [6.07, 6.45) is 4.81. The van der Waals surface area contributed by atoms with Crippen LogP contribution in [0.25, 0.3) is 15.3 Å². The Balaban J connectivity index is 1.57. The van der Waals surface area contributed by atoms with Crippen LogP contribution in [0.2, 0.25) is 0 Å². The lowest BCUT2D eigenvalue weighted by Gasteiger charge is -2.28. The third kappa shape index (κ3) is 3.82. The molecule has 0 aliphatic carbocycles. The summed E-state index contributed by atoms with van der Waals surface area (Å²) in [6, 6.07) is 18.4. The molecule has 0 amide bonds. The minimum absolute atomic E-state index is 0.00117. The molecule has 0 bridgehead atoms. The highest BCUT2D eigenvalue weighted by atomic mass is 32.1. The summed E-state index contributed by atoms with van der Waals surface area (Å²) in [5.74, 6) is 0. The van der Waals surface area contributed by atoms with Crippen LogP contribution in [0.5, 0.6) is 0 Å². The molecule has 4 aromatic rings. The number of nitrogens with one attached hydrogen (secondary N) is 1. The highest BCUT2D eigenvalue weighted by Crippen LogP contribution is 2.40. The average Bonchev–Trinajstić information content (AvgIpc) is 3.51. The standard InChI is InChI=1S/C23H23N5OS2/c1-29-15-7-14-28-21(20(26-22(28)30)17-9-4-5-12-24-17)18-10-6-13-27(18)23-25-16-8-2-3-11-19(16)31-23/h2-6,8-13,20-21H,7,14-15H2,1H3,(H,26,30)/t20-,21+/m1/s1. The molecule has 0 unspecified atom stereocenters. The Kier molecular flexibility index (Phi) is 5.67. The molecule has 2 atom stereocenters. The van der Waals surface area contributed by atoms with E-state index in [1.54, 1.807) is 18.4 Å². The van der Waals surface area contributed by atoms with Gasteiger partial charge in [0.2, 0.25) is 0 Å². The lowest BCUT2D eigenvalue weighted by molar-refractivity contribution is 0.180. The fourth-order valence-electron chi connectivity index (χ4n) is 4.12. The van der Waals surface area contributed by atoms with E-state index in [0.29, 0.717) is 6.61 Å². The summed E-state index contributed by atoms with van der Waals surface area (Å²) < 4.78 is 8.65. The third-order valence-electron chi connectivity index (χ3n) is 5.52. The lowest BCUT2D eigenvalue weighted by atomic mass is 10.0. The van der Waals surface area contributed by atoms with Gasteiger partial charge >= 0.3 is 0 Å². The van der Waals surface area contributed by atoms with E-state index < -0.39 is 0 Å². The Morgan fingerprint density at radius 2 is 2.00 bits per heavy atom. The molecular weight excluding hydrogens is 426 g/mol. The van der Waals surface area contributed by atoms with Crippen molar-refractivity contribution in [2.45, 2.75) is 18.5 Å². The first-order chi connectivity index (χ1) is 15.3. The van der Waals surface area contributed by atoms with Crippen molar-refractivity contribution in [2.24, 2.45) is 0 Å². The van der Waals surface area contributed by atoms with Crippen LogP contribution in [0.15, 0.2) is 67.0 Å². The van der Waals surface area contributed by atoms with Gasteiger partial charge in [-0.15, -0.1) is 0 Å². The van der Waals surface area contributed by atoms with E-state index in [1.807, 2.05) is 24.4 Å². The molecule has 4 heterocycles. The third-order valence-corrected chi connectivity index (χ3v) is 6.91. The van der Waals surface area contributed by atoms with Crippen LogP contribution in [0, 0.1) is 0 Å². The summed E-state index contributed by atoms with van der Waals surface area (Å²) in [7, 11) is 1.73. The molecule has 0 saturated carbocycles. The van der Waals surface area contributed by atoms with Crippen molar-refractivity contribution in [3.05, 3.63) is 78.4 Å². The van der Waals surface area contributed by atoms with Crippen molar-refractivity contribution in [3.8, 4) is 5.13 Å². The van der Waals surface area contributed by atoms with E-state index in [4.69, 9.17) is 21.9 Å². The first kappa shape index (κ1) is 20.1. The van der Waals surface area contributed by atoms with Crippen LogP contribution in [0.3, 0.4) is 0 Å². The van der Waals surface area contributed by atoms with Crippen LogP contribution in [-0.2, 0) is 4.74 Å². The van der Waals surface area contributed by atoms with Crippen LogP contribution < -0.4 is 5.32 Å². The molecule has 3 aromatic heterocycles. The van der Waals surface area contributed by atoms with Crippen molar-refractivity contribution >= 4 is 38.9 Å². The molecule has 1 saturated heterocycles. The maximum Gasteiger partial charge on any atom is 0.194 e. The van der Waals surface area contributed by atoms with Gasteiger partial charge in [-0.2, -0.15) is 0 Å². The van der Waals surface area contributed by atoms with E-state index in [9.17, 15) is 0 Å². The normalized spacial score (nSPS) is 18.6.